The van der Waals surface area contributed by atoms with Gasteiger partial charge >= 0.3 is 7.32 Å². The van der Waals surface area contributed by atoms with Crippen molar-refractivity contribution in [1.29, 1.82) is 0 Å². The first-order chi connectivity index (χ1) is 10.9. The quantitative estimate of drug-likeness (QED) is 0.647. The van der Waals surface area contributed by atoms with E-state index in [9.17, 15) is 0 Å². The van der Waals surface area contributed by atoms with E-state index in [2.05, 4.69) is 0 Å². The Bertz CT molecular complexity index is 582. The average Bonchev–Trinajstić information content (AvgIpc) is 2.57. The van der Waals surface area contributed by atoms with Crippen molar-refractivity contribution in [2.45, 2.75) is 0 Å². The fourth-order valence-electron chi connectivity index (χ4n) is 1.90. The second-order valence-corrected chi connectivity index (χ2v) is 4.58. The zero-order valence-corrected chi connectivity index (χ0v) is 13.0. The monoisotopic (exact) mass is 297 g/mol. The maximum atomic E-state index is 5.78. The molecular formula is C18H15BLiO3. The van der Waals surface area contributed by atoms with Crippen LogP contribution in [0.2, 0.25) is 0 Å². The first kappa shape index (κ1) is 17.1. The van der Waals surface area contributed by atoms with Gasteiger partial charge in [-0.25, -0.2) is 0 Å². The average molecular weight is 297 g/mol. The standard InChI is InChI=1S/C18H15BO3.Li/c1-4-10-16(11-5-1)20-19(21-17-12-6-2-7-13-17)22-18-14-8-3-9-15-18;/h1-15H;. The number of hydrogen-bond donors (Lipinski definition) is 0. The van der Waals surface area contributed by atoms with Crippen molar-refractivity contribution in [3.63, 3.8) is 0 Å². The van der Waals surface area contributed by atoms with Crippen LogP contribution in [0.4, 0.5) is 0 Å². The molecule has 109 valence electrons. The van der Waals surface area contributed by atoms with E-state index in [1.165, 1.54) is 0 Å². The van der Waals surface area contributed by atoms with Gasteiger partial charge in [-0.1, -0.05) is 54.6 Å². The van der Waals surface area contributed by atoms with E-state index < -0.39 is 7.32 Å². The molecule has 3 nitrogen and oxygen atoms in total. The topological polar surface area (TPSA) is 27.7 Å². The van der Waals surface area contributed by atoms with Gasteiger partial charge in [0.05, 0.1) is 0 Å². The van der Waals surface area contributed by atoms with Gasteiger partial charge in [-0.05, 0) is 36.4 Å². The summed E-state index contributed by atoms with van der Waals surface area (Å²) >= 11 is 0. The van der Waals surface area contributed by atoms with Crippen LogP contribution < -0.4 is 14.0 Å². The Kier molecular flexibility index (Phi) is 6.68. The van der Waals surface area contributed by atoms with Crippen molar-refractivity contribution in [3.8, 4) is 17.2 Å². The summed E-state index contributed by atoms with van der Waals surface area (Å²) in [6, 6.07) is 28.3. The van der Waals surface area contributed by atoms with Gasteiger partial charge in [0.1, 0.15) is 17.2 Å². The Balaban J connectivity index is 0.00000192. The van der Waals surface area contributed by atoms with Crippen molar-refractivity contribution in [3.05, 3.63) is 91.0 Å². The molecule has 3 aromatic rings. The molecule has 0 amide bonds. The summed E-state index contributed by atoms with van der Waals surface area (Å²) in [5.74, 6) is 2.04. The first-order valence-electron chi connectivity index (χ1n) is 7.05. The molecule has 1 radical (unpaired) electrons. The number of hydrogen-bond acceptors (Lipinski definition) is 3. The molecule has 0 saturated heterocycles. The zero-order chi connectivity index (χ0) is 15.0. The number of rotatable bonds is 6. The zero-order valence-electron chi connectivity index (χ0n) is 13.0. The molecule has 23 heavy (non-hydrogen) atoms. The van der Waals surface area contributed by atoms with E-state index in [1.54, 1.807) is 0 Å². The Morgan fingerprint density at radius 1 is 0.435 bits per heavy atom. The van der Waals surface area contributed by atoms with Crippen LogP contribution in [0, 0.1) is 0 Å². The third-order valence-corrected chi connectivity index (χ3v) is 2.93. The van der Waals surface area contributed by atoms with Gasteiger partial charge in [0.25, 0.3) is 0 Å². The maximum Gasteiger partial charge on any atom is 0.864 e. The molecule has 0 bridgehead atoms. The Morgan fingerprint density at radius 3 is 0.957 bits per heavy atom. The molecule has 0 saturated carbocycles. The van der Waals surface area contributed by atoms with Gasteiger partial charge < -0.3 is 14.0 Å². The van der Waals surface area contributed by atoms with Crippen molar-refractivity contribution in [2.24, 2.45) is 0 Å². The second-order valence-electron chi connectivity index (χ2n) is 4.58. The predicted octanol–water partition coefficient (Wildman–Crippen LogP) is 3.83. The predicted molar refractivity (Wildman–Crippen MR) is 92.7 cm³/mol. The van der Waals surface area contributed by atoms with Crippen LogP contribution in [0.15, 0.2) is 91.0 Å². The van der Waals surface area contributed by atoms with Crippen LogP contribution in [0.25, 0.3) is 0 Å². The molecule has 0 heterocycles. The normalized spacial score (nSPS) is 9.39. The van der Waals surface area contributed by atoms with Crippen LogP contribution in [-0.2, 0) is 0 Å². The summed E-state index contributed by atoms with van der Waals surface area (Å²) in [7, 11) is -0.868. The Morgan fingerprint density at radius 2 is 0.696 bits per heavy atom. The van der Waals surface area contributed by atoms with Crippen LogP contribution in [-0.4, -0.2) is 26.2 Å². The van der Waals surface area contributed by atoms with Crippen LogP contribution in [0.1, 0.15) is 0 Å². The minimum Gasteiger partial charge on any atom is -0.490 e. The molecule has 0 atom stereocenters. The first-order valence-corrected chi connectivity index (χ1v) is 7.05. The summed E-state index contributed by atoms with van der Waals surface area (Å²) in [4.78, 5) is 0. The maximum absolute atomic E-state index is 5.78. The number of benzene rings is 3. The Hall–Kier alpha value is -2.28. The molecule has 3 rings (SSSR count). The molecule has 0 spiro atoms. The van der Waals surface area contributed by atoms with Crippen molar-refractivity contribution >= 4 is 26.2 Å². The largest absolute Gasteiger partial charge is 0.864 e. The van der Waals surface area contributed by atoms with Crippen LogP contribution in [0.5, 0.6) is 17.2 Å². The summed E-state index contributed by atoms with van der Waals surface area (Å²) in [6.45, 7) is 0. The summed E-state index contributed by atoms with van der Waals surface area (Å²) in [5.41, 5.74) is 0. The van der Waals surface area contributed by atoms with Crippen LogP contribution >= 0.6 is 0 Å². The van der Waals surface area contributed by atoms with E-state index in [1.807, 2.05) is 91.0 Å². The molecule has 0 aliphatic carbocycles. The smallest absolute Gasteiger partial charge is 0.490 e. The molecule has 0 N–H and O–H groups in total. The van der Waals surface area contributed by atoms with Crippen molar-refractivity contribution < 1.29 is 14.0 Å². The fourth-order valence-corrected chi connectivity index (χ4v) is 1.90. The van der Waals surface area contributed by atoms with E-state index in [0.29, 0.717) is 17.2 Å². The molecule has 0 aliphatic heterocycles. The SMILES string of the molecule is [Li].c1ccc(OB(Oc2ccccc2)Oc2ccccc2)cc1. The fraction of sp³-hybridized carbons (Fsp3) is 0. The van der Waals surface area contributed by atoms with Gasteiger partial charge in [0, 0.05) is 18.9 Å². The number of para-hydroxylation sites is 3. The van der Waals surface area contributed by atoms with Gasteiger partial charge in [-0.15, -0.1) is 0 Å². The minimum atomic E-state index is -0.868. The third-order valence-electron chi connectivity index (χ3n) is 2.93. The molecule has 3 aromatic carbocycles. The van der Waals surface area contributed by atoms with Crippen LogP contribution in [0.3, 0.4) is 0 Å². The minimum absolute atomic E-state index is 0. The summed E-state index contributed by atoms with van der Waals surface area (Å²) < 4.78 is 17.3. The van der Waals surface area contributed by atoms with E-state index in [-0.39, 0.29) is 18.9 Å². The molecule has 5 heteroatoms. The molecule has 0 unspecified atom stereocenters. The van der Waals surface area contributed by atoms with Gasteiger partial charge in [0.15, 0.2) is 0 Å². The molecule has 0 aromatic heterocycles. The van der Waals surface area contributed by atoms with E-state index in [0.717, 1.165) is 0 Å². The second kappa shape index (κ2) is 9.00. The molecule has 0 fully saturated rings. The molecular weight excluding hydrogens is 282 g/mol. The van der Waals surface area contributed by atoms with E-state index >= 15 is 0 Å². The van der Waals surface area contributed by atoms with Crippen molar-refractivity contribution in [1.82, 2.24) is 0 Å². The van der Waals surface area contributed by atoms with Gasteiger partial charge in [-0.3, -0.25) is 0 Å². The summed E-state index contributed by atoms with van der Waals surface area (Å²) in [6.07, 6.45) is 0. The van der Waals surface area contributed by atoms with E-state index in [4.69, 9.17) is 14.0 Å². The molecule has 0 aliphatic rings. The van der Waals surface area contributed by atoms with Gasteiger partial charge in [0.2, 0.25) is 0 Å². The summed E-state index contributed by atoms with van der Waals surface area (Å²) in [5, 5.41) is 0. The third kappa shape index (κ3) is 5.45. The Labute approximate surface area is 148 Å². The van der Waals surface area contributed by atoms with Crippen molar-refractivity contribution in [2.75, 3.05) is 0 Å². The van der Waals surface area contributed by atoms with Gasteiger partial charge in [-0.2, -0.15) is 0 Å².